The summed E-state index contributed by atoms with van der Waals surface area (Å²) in [6.07, 6.45) is -3.41. The van der Waals surface area contributed by atoms with Crippen LogP contribution in [0.5, 0.6) is 0 Å². The van der Waals surface area contributed by atoms with E-state index in [4.69, 9.17) is 0 Å². The van der Waals surface area contributed by atoms with Gasteiger partial charge in [0.05, 0.1) is 0 Å². The second kappa shape index (κ2) is 5.05. The van der Waals surface area contributed by atoms with Crippen LogP contribution < -0.4 is 5.32 Å². The molecule has 2 saturated heterocycles. The second-order valence-corrected chi connectivity index (χ2v) is 5.05. The largest absolute Gasteiger partial charge is 0.405 e. The van der Waals surface area contributed by atoms with Crippen LogP contribution in [0.15, 0.2) is 0 Å². The van der Waals surface area contributed by atoms with Crippen LogP contribution in [0.4, 0.5) is 13.2 Å². The highest BCUT2D eigenvalue weighted by Crippen LogP contribution is 2.29. The Balaban J connectivity index is 2.14. The predicted octanol–water partition coefficient (Wildman–Crippen LogP) is 0.443. The van der Waals surface area contributed by atoms with Crippen LogP contribution in [0.1, 0.15) is 12.8 Å². The lowest BCUT2D eigenvalue weighted by Gasteiger charge is -2.35. The summed E-state index contributed by atoms with van der Waals surface area (Å²) < 4.78 is 39.1. The van der Waals surface area contributed by atoms with Crippen molar-refractivity contribution in [3.05, 3.63) is 0 Å². The van der Waals surface area contributed by atoms with E-state index in [9.17, 15) is 18.0 Å². The minimum atomic E-state index is -4.29. The van der Waals surface area contributed by atoms with Gasteiger partial charge in [-0.3, -0.25) is 9.69 Å². The molecule has 1 N–H and O–H groups in total. The van der Waals surface area contributed by atoms with Gasteiger partial charge in [0.15, 0.2) is 0 Å². The summed E-state index contributed by atoms with van der Waals surface area (Å²) in [5.41, 5.74) is 0. The molecule has 4 nitrogen and oxygen atoms in total. The Morgan fingerprint density at radius 1 is 1.33 bits per heavy atom. The Labute approximate surface area is 104 Å². The minimum Gasteiger partial charge on any atom is -0.354 e. The molecule has 2 fully saturated rings. The van der Waals surface area contributed by atoms with Gasteiger partial charge in [-0.1, -0.05) is 0 Å². The third kappa shape index (κ3) is 2.95. The number of amides is 1. The van der Waals surface area contributed by atoms with E-state index in [-0.39, 0.29) is 31.5 Å². The van der Waals surface area contributed by atoms with Gasteiger partial charge in [0.25, 0.3) is 0 Å². The normalized spacial score (nSPS) is 32.3. The van der Waals surface area contributed by atoms with Crippen molar-refractivity contribution in [1.82, 2.24) is 15.1 Å². The fourth-order valence-corrected chi connectivity index (χ4v) is 2.73. The number of halogens is 3. The molecule has 0 saturated carbocycles. The highest BCUT2D eigenvalue weighted by molar-refractivity contribution is 5.76. The maximum Gasteiger partial charge on any atom is 0.405 e. The lowest BCUT2D eigenvalue weighted by molar-refractivity contribution is -0.186. The first-order valence-electron chi connectivity index (χ1n) is 6.15. The van der Waals surface area contributed by atoms with Gasteiger partial charge < -0.3 is 10.2 Å². The molecular weight excluding hydrogens is 247 g/mol. The number of likely N-dealkylation sites (tertiary alicyclic amines) is 1. The van der Waals surface area contributed by atoms with Gasteiger partial charge in [-0.15, -0.1) is 0 Å². The fraction of sp³-hybridized carbons (Fsp3) is 0.909. The van der Waals surface area contributed by atoms with Crippen molar-refractivity contribution in [2.75, 3.05) is 33.2 Å². The van der Waals surface area contributed by atoms with Crippen molar-refractivity contribution in [3.8, 4) is 0 Å². The molecule has 0 aromatic heterocycles. The first kappa shape index (κ1) is 13.6. The Hall–Kier alpha value is -0.820. The first-order chi connectivity index (χ1) is 8.38. The molecule has 2 aliphatic rings. The fourth-order valence-electron chi connectivity index (χ4n) is 2.73. The average Bonchev–Trinajstić information content (AvgIpc) is 2.57. The van der Waals surface area contributed by atoms with Gasteiger partial charge in [-0.05, 0) is 20.0 Å². The molecule has 2 unspecified atom stereocenters. The van der Waals surface area contributed by atoms with E-state index in [1.807, 2.05) is 11.9 Å². The summed E-state index contributed by atoms with van der Waals surface area (Å²) in [6, 6.07) is -1.66. The number of rotatable bonds is 1. The number of carbonyl (C=O) groups excluding carboxylic acids is 1. The number of nitrogens with one attached hydrogen (secondary N) is 1. The second-order valence-electron chi connectivity index (χ2n) is 5.05. The number of hydrogen-bond donors (Lipinski definition) is 1. The lowest BCUT2D eigenvalue weighted by Crippen LogP contribution is -2.54. The van der Waals surface area contributed by atoms with Crippen LogP contribution in [-0.4, -0.2) is 67.2 Å². The smallest absolute Gasteiger partial charge is 0.354 e. The van der Waals surface area contributed by atoms with Crippen LogP contribution in [-0.2, 0) is 4.79 Å². The highest BCUT2D eigenvalue weighted by atomic mass is 19.4. The quantitative estimate of drug-likeness (QED) is 0.747. The van der Waals surface area contributed by atoms with E-state index in [1.54, 1.807) is 0 Å². The molecular formula is C11H18F3N3O. The summed E-state index contributed by atoms with van der Waals surface area (Å²) >= 11 is 0. The van der Waals surface area contributed by atoms with Gasteiger partial charge in [-0.25, -0.2) is 0 Å². The summed E-state index contributed by atoms with van der Waals surface area (Å²) in [4.78, 5) is 14.8. The number of nitrogens with zero attached hydrogens (tertiary/aromatic N) is 2. The van der Waals surface area contributed by atoms with Gasteiger partial charge in [0, 0.05) is 32.1 Å². The Bertz CT molecular complexity index is 321. The predicted molar refractivity (Wildman–Crippen MR) is 60.1 cm³/mol. The van der Waals surface area contributed by atoms with Crippen molar-refractivity contribution in [3.63, 3.8) is 0 Å². The standard InChI is InChI=1S/C11H18F3N3O/c1-16-4-2-8(7-16)17-5-3-10(18)15-6-9(17)11(12,13)14/h8-9H,2-7H2,1H3,(H,15,18). The van der Waals surface area contributed by atoms with E-state index < -0.39 is 12.2 Å². The zero-order valence-electron chi connectivity index (χ0n) is 10.3. The van der Waals surface area contributed by atoms with E-state index in [0.717, 1.165) is 13.0 Å². The average molecular weight is 265 g/mol. The lowest BCUT2D eigenvalue weighted by atomic mass is 10.1. The van der Waals surface area contributed by atoms with Crippen molar-refractivity contribution < 1.29 is 18.0 Å². The molecule has 0 bridgehead atoms. The molecule has 2 atom stereocenters. The van der Waals surface area contributed by atoms with Gasteiger partial charge in [0.2, 0.25) is 5.91 Å². The number of hydrogen-bond acceptors (Lipinski definition) is 3. The SMILES string of the molecule is CN1CCC(N2CCC(=O)NCC2C(F)(F)F)C1. The molecule has 104 valence electrons. The minimum absolute atomic E-state index is 0.102. The van der Waals surface area contributed by atoms with Crippen LogP contribution in [0.25, 0.3) is 0 Å². The van der Waals surface area contributed by atoms with E-state index in [2.05, 4.69) is 5.32 Å². The molecule has 2 heterocycles. The zero-order valence-corrected chi connectivity index (χ0v) is 10.3. The Morgan fingerprint density at radius 3 is 2.61 bits per heavy atom. The third-order valence-corrected chi connectivity index (χ3v) is 3.70. The summed E-state index contributed by atoms with van der Waals surface area (Å²) in [5, 5.41) is 2.35. The molecule has 0 aliphatic carbocycles. The first-order valence-corrected chi connectivity index (χ1v) is 6.15. The van der Waals surface area contributed by atoms with Crippen molar-refractivity contribution >= 4 is 5.91 Å². The molecule has 7 heteroatoms. The molecule has 0 aromatic carbocycles. The van der Waals surface area contributed by atoms with Gasteiger partial charge in [-0.2, -0.15) is 13.2 Å². The summed E-state index contributed by atoms with van der Waals surface area (Å²) in [7, 11) is 1.91. The zero-order chi connectivity index (χ0) is 13.3. The maximum atomic E-state index is 13.0. The molecule has 0 spiro atoms. The van der Waals surface area contributed by atoms with Crippen molar-refractivity contribution in [2.24, 2.45) is 0 Å². The molecule has 2 rings (SSSR count). The molecule has 2 aliphatic heterocycles. The van der Waals surface area contributed by atoms with Crippen LogP contribution in [0.3, 0.4) is 0 Å². The maximum absolute atomic E-state index is 13.0. The summed E-state index contributed by atoms with van der Waals surface area (Å²) in [5.74, 6) is -0.293. The number of carbonyl (C=O) groups is 1. The van der Waals surface area contributed by atoms with Crippen molar-refractivity contribution in [2.45, 2.75) is 31.1 Å². The van der Waals surface area contributed by atoms with Gasteiger partial charge >= 0.3 is 6.18 Å². The molecule has 18 heavy (non-hydrogen) atoms. The summed E-state index contributed by atoms with van der Waals surface area (Å²) in [6.45, 7) is 1.31. The molecule has 0 radical (unpaired) electrons. The Morgan fingerprint density at radius 2 is 2.06 bits per heavy atom. The van der Waals surface area contributed by atoms with E-state index in [0.29, 0.717) is 6.54 Å². The molecule has 1 amide bonds. The Kier molecular flexibility index (Phi) is 3.82. The van der Waals surface area contributed by atoms with Crippen molar-refractivity contribution in [1.29, 1.82) is 0 Å². The third-order valence-electron chi connectivity index (χ3n) is 3.70. The van der Waals surface area contributed by atoms with E-state index in [1.165, 1.54) is 4.90 Å². The van der Waals surface area contributed by atoms with E-state index >= 15 is 0 Å². The van der Waals surface area contributed by atoms with Crippen LogP contribution >= 0.6 is 0 Å². The number of likely N-dealkylation sites (N-methyl/N-ethyl adjacent to an activating group) is 1. The van der Waals surface area contributed by atoms with Crippen LogP contribution in [0.2, 0.25) is 0 Å². The number of alkyl halides is 3. The monoisotopic (exact) mass is 265 g/mol. The highest BCUT2D eigenvalue weighted by Gasteiger charge is 2.47. The topological polar surface area (TPSA) is 35.6 Å². The van der Waals surface area contributed by atoms with Crippen LogP contribution in [0, 0.1) is 0 Å². The molecule has 0 aromatic rings. The van der Waals surface area contributed by atoms with Gasteiger partial charge in [0.1, 0.15) is 6.04 Å².